The normalized spacial score (nSPS) is 10.7. The topological polar surface area (TPSA) is 77.2 Å². The van der Waals surface area contributed by atoms with Crippen LogP contribution in [0, 0.1) is 0 Å². The molecule has 2 heterocycles. The summed E-state index contributed by atoms with van der Waals surface area (Å²) in [7, 11) is 1.57. The molecule has 3 rings (SSSR count). The van der Waals surface area contributed by atoms with Gasteiger partial charge < -0.3 is 10.5 Å². The summed E-state index contributed by atoms with van der Waals surface area (Å²) < 4.78 is 6.13. The minimum Gasteiger partial charge on any atom is -0.494 e. The predicted molar refractivity (Wildman–Crippen MR) is 82.9 cm³/mol. The molecule has 102 valence electrons. The molecule has 2 aromatic heterocycles. The van der Waals surface area contributed by atoms with Gasteiger partial charge in [0.05, 0.1) is 16.7 Å². The van der Waals surface area contributed by atoms with E-state index in [9.17, 15) is 4.79 Å². The number of carbonyl (C=O) groups is 1. The summed E-state index contributed by atoms with van der Waals surface area (Å²) >= 11 is 2.76. The van der Waals surface area contributed by atoms with Crippen molar-refractivity contribution in [2.24, 2.45) is 0 Å². The lowest BCUT2D eigenvalue weighted by molar-refractivity contribution is 0.103. The average Bonchev–Trinajstić information content (AvgIpc) is 3.05. The lowest BCUT2D eigenvalue weighted by Crippen LogP contribution is -2.09. The van der Waals surface area contributed by atoms with Gasteiger partial charge in [-0.05, 0) is 17.5 Å². The molecule has 3 N–H and O–H groups in total. The Bertz CT molecular complexity index is 765. The number of nitrogens with two attached hydrogens (primary N) is 1. The molecule has 0 saturated heterocycles. The standard InChI is InChI=1S/C13H11N3O2S2/c1-18-8-5-7(14)6-10-11(8)15-13(20-10)16-12(17)9-3-2-4-19-9/h2-6H,14H2,1H3,(H,15,16,17). The number of hydrogen-bond acceptors (Lipinski definition) is 6. The minimum atomic E-state index is -0.161. The van der Waals surface area contributed by atoms with Crippen molar-refractivity contribution >= 4 is 49.6 Å². The number of nitrogen functional groups attached to an aromatic ring is 1. The van der Waals surface area contributed by atoms with E-state index in [1.54, 1.807) is 19.2 Å². The molecule has 0 aliphatic heterocycles. The van der Waals surface area contributed by atoms with Crippen molar-refractivity contribution < 1.29 is 9.53 Å². The second-order valence-electron chi connectivity index (χ2n) is 4.02. The second kappa shape index (κ2) is 5.10. The third-order valence-electron chi connectivity index (χ3n) is 2.67. The van der Waals surface area contributed by atoms with Crippen molar-refractivity contribution in [1.82, 2.24) is 4.98 Å². The molecule has 5 nitrogen and oxygen atoms in total. The smallest absolute Gasteiger partial charge is 0.267 e. The first-order valence-electron chi connectivity index (χ1n) is 5.76. The number of fused-ring (bicyclic) bond motifs is 1. The minimum absolute atomic E-state index is 0.161. The van der Waals surface area contributed by atoms with Gasteiger partial charge in [0.2, 0.25) is 0 Å². The van der Waals surface area contributed by atoms with Crippen molar-refractivity contribution in [1.29, 1.82) is 0 Å². The van der Waals surface area contributed by atoms with Crippen LogP contribution in [-0.4, -0.2) is 18.0 Å². The molecule has 0 atom stereocenters. The van der Waals surface area contributed by atoms with Crippen molar-refractivity contribution in [3.05, 3.63) is 34.5 Å². The van der Waals surface area contributed by atoms with Crippen LogP contribution in [0.5, 0.6) is 5.75 Å². The molecule has 3 aromatic rings. The van der Waals surface area contributed by atoms with Crippen molar-refractivity contribution in [2.45, 2.75) is 0 Å². The van der Waals surface area contributed by atoms with E-state index < -0.39 is 0 Å². The lowest BCUT2D eigenvalue weighted by atomic mass is 10.3. The molecular formula is C13H11N3O2S2. The Kier molecular flexibility index (Phi) is 3.29. The maximum absolute atomic E-state index is 12.0. The van der Waals surface area contributed by atoms with E-state index in [1.807, 2.05) is 17.5 Å². The molecule has 7 heteroatoms. The van der Waals surface area contributed by atoms with Gasteiger partial charge in [0.15, 0.2) is 5.13 Å². The van der Waals surface area contributed by atoms with Gasteiger partial charge in [-0.2, -0.15) is 0 Å². The van der Waals surface area contributed by atoms with Crippen molar-refractivity contribution in [2.75, 3.05) is 18.2 Å². The van der Waals surface area contributed by atoms with Crippen LogP contribution in [0.25, 0.3) is 10.2 Å². The molecular weight excluding hydrogens is 294 g/mol. The number of nitrogens with one attached hydrogen (secondary N) is 1. The van der Waals surface area contributed by atoms with E-state index >= 15 is 0 Å². The van der Waals surface area contributed by atoms with Crippen LogP contribution >= 0.6 is 22.7 Å². The van der Waals surface area contributed by atoms with Gasteiger partial charge in [0.1, 0.15) is 11.3 Å². The highest BCUT2D eigenvalue weighted by atomic mass is 32.1. The summed E-state index contributed by atoms with van der Waals surface area (Å²) in [4.78, 5) is 17.0. The maximum Gasteiger partial charge on any atom is 0.267 e. The molecule has 0 unspecified atom stereocenters. The number of rotatable bonds is 3. The zero-order chi connectivity index (χ0) is 14.1. The van der Waals surface area contributed by atoms with E-state index in [4.69, 9.17) is 10.5 Å². The second-order valence-corrected chi connectivity index (χ2v) is 6.00. The third kappa shape index (κ3) is 2.33. The number of thiophene rings is 1. The Morgan fingerprint density at radius 1 is 1.45 bits per heavy atom. The average molecular weight is 305 g/mol. The predicted octanol–water partition coefficient (Wildman–Crippen LogP) is 3.20. The molecule has 20 heavy (non-hydrogen) atoms. The highest BCUT2D eigenvalue weighted by Crippen LogP contribution is 2.34. The zero-order valence-corrected chi connectivity index (χ0v) is 12.2. The highest BCUT2D eigenvalue weighted by Gasteiger charge is 2.13. The van der Waals surface area contributed by atoms with Gasteiger partial charge in [0, 0.05) is 11.8 Å². The zero-order valence-electron chi connectivity index (χ0n) is 10.5. The summed E-state index contributed by atoms with van der Waals surface area (Å²) in [5, 5.41) is 5.18. The lowest BCUT2D eigenvalue weighted by Gasteiger charge is -2.01. The fraction of sp³-hybridized carbons (Fsp3) is 0.0769. The van der Waals surface area contributed by atoms with Crippen LogP contribution < -0.4 is 15.8 Å². The van der Waals surface area contributed by atoms with E-state index in [-0.39, 0.29) is 5.91 Å². The van der Waals surface area contributed by atoms with Gasteiger partial charge in [-0.3, -0.25) is 10.1 Å². The summed E-state index contributed by atoms with van der Waals surface area (Å²) in [6.07, 6.45) is 0. The van der Waals surface area contributed by atoms with Crippen molar-refractivity contribution in [3.8, 4) is 5.75 Å². The van der Waals surface area contributed by atoms with E-state index in [1.165, 1.54) is 22.7 Å². The number of ether oxygens (including phenoxy) is 1. The number of carbonyl (C=O) groups excluding carboxylic acids is 1. The first-order valence-corrected chi connectivity index (χ1v) is 7.46. The van der Waals surface area contributed by atoms with E-state index in [0.29, 0.717) is 27.0 Å². The fourth-order valence-electron chi connectivity index (χ4n) is 1.79. The van der Waals surface area contributed by atoms with Gasteiger partial charge in [-0.15, -0.1) is 11.3 Å². The summed E-state index contributed by atoms with van der Waals surface area (Å²) in [5.74, 6) is 0.443. The molecule has 0 bridgehead atoms. The van der Waals surface area contributed by atoms with Gasteiger partial charge in [-0.25, -0.2) is 4.98 Å². The number of amides is 1. The Balaban J connectivity index is 1.95. The molecule has 0 spiro atoms. The monoisotopic (exact) mass is 305 g/mol. The summed E-state index contributed by atoms with van der Waals surface area (Å²) in [5.41, 5.74) is 7.11. The van der Waals surface area contributed by atoms with E-state index in [0.717, 1.165) is 4.70 Å². The maximum atomic E-state index is 12.0. The number of nitrogens with zero attached hydrogens (tertiary/aromatic N) is 1. The summed E-state index contributed by atoms with van der Waals surface area (Å²) in [6.45, 7) is 0. The summed E-state index contributed by atoms with van der Waals surface area (Å²) in [6, 6.07) is 7.14. The van der Waals surface area contributed by atoms with Crippen LogP contribution in [0.15, 0.2) is 29.6 Å². The molecule has 1 amide bonds. The molecule has 0 saturated carbocycles. The number of thiazole rings is 1. The third-order valence-corrected chi connectivity index (χ3v) is 4.45. The van der Waals surface area contributed by atoms with Gasteiger partial charge >= 0.3 is 0 Å². The van der Waals surface area contributed by atoms with Crippen LogP contribution in [-0.2, 0) is 0 Å². The van der Waals surface area contributed by atoms with Crippen LogP contribution in [0.2, 0.25) is 0 Å². The van der Waals surface area contributed by atoms with E-state index in [2.05, 4.69) is 10.3 Å². The van der Waals surface area contributed by atoms with Gasteiger partial charge in [-0.1, -0.05) is 17.4 Å². The number of aromatic nitrogens is 1. The highest BCUT2D eigenvalue weighted by molar-refractivity contribution is 7.22. The first kappa shape index (κ1) is 12.9. The van der Waals surface area contributed by atoms with Gasteiger partial charge in [0.25, 0.3) is 5.91 Å². The first-order chi connectivity index (χ1) is 9.67. The Morgan fingerprint density at radius 2 is 2.30 bits per heavy atom. The molecule has 0 radical (unpaired) electrons. The molecule has 0 aliphatic carbocycles. The largest absolute Gasteiger partial charge is 0.494 e. The Hall–Kier alpha value is -2.12. The Labute approximate surface area is 123 Å². The molecule has 0 aliphatic rings. The SMILES string of the molecule is COc1cc(N)cc2sc(NC(=O)c3cccs3)nc12. The Morgan fingerprint density at radius 3 is 3.00 bits per heavy atom. The van der Waals surface area contributed by atoms with Crippen LogP contribution in [0.4, 0.5) is 10.8 Å². The number of hydrogen-bond donors (Lipinski definition) is 2. The quantitative estimate of drug-likeness (QED) is 0.728. The fourth-order valence-corrected chi connectivity index (χ4v) is 3.34. The number of methoxy groups -OCH3 is 1. The molecule has 0 fully saturated rings. The number of anilines is 2. The van der Waals surface area contributed by atoms with Crippen LogP contribution in [0.1, 0.15) is 9.67 Å². The van der Waals surface area contributed by atoms with Crippen molar-refractivity contribution in [3.63, 3.8) is 0 Å². The molecule has 1 aromatic carbocycles. The number of benzene rings is 1. The van der Waals surface area contributed by atoms with Crippen LogP contribution in [0.3, 0.4) is 0 Å².